The summed E-state index contributed by atoms with van der Waals surface area (Å²) in [6.07, 6.45) is 5.24. The zero-order valence-electron chi connectivity index (χ0n) is 18.8. The van der Waals surface area contributed by atoms with E-state index in [1.165, 1.54) is 47.1 Å². The second-order valence-electron chi connectivity index (χ2n) is 8.48. The van der Waals surface area contributed by atoms with Crippen molar-refractivity contribution in [2.24, 2.45) is 5.92 Å². The van der Waals surface area contributed by atoms with Gasteiger partial charge >= 0.3 is 0 Å². The highest BCUT2D eigenvalue weighted by Gasteiger charge is 2.33. The van der Waals surface area contributed by atoms with Crippen molar-refractivity contribution in [2.75, 3.05) is 24.5 Å². The maximum atomic E-state index is 5.76. The van der Waals surface area contributed by atoms with Gasteiger partial charge in [-0.15, -0.1) is 12.4 Å². The third-order valence-electron chi connectivity index (χ3n) is 6.36. The average molecular weight is 476 g/mol. The molecule has 4 rings (SSSR count). The molecule has 3 nitrogen and oxygen atoms in total. The lowest BCUT2D eigenvalue weighted by Gasteiger charge is -2.42. The molecule has 0 amide bonds. The van der Waals surface area contributed by atoms with Crippen molar-refractivity contribution >= 4 is 52.8 Å². The molecule has 31 heavy (non-hydrogen) atoms. The smallest absolute Gasteiger partial charge is 0.106 e. The molecule has 2 aromatic carbocycles. The van der Waals surface area contributed by atoms with E-state index >= 15 is 0 Å². The van der Waals surface area contributed by atoms with Crippen LogP contribution in [-0.4, -0.2) is 35.7 Å². The summed E-state index contributed by atoms with van der Waals surface area (Å²) >= 11 is 7.64. The first kappa shape index (κ1) is 24.4. The lowest BCUT2D eigenvalue weighted by molar-refractivity contribution is 0.239. The topological polar surface area (TPSA) is 18.5 Å². The predicted molar refractivity (Wildman–Crippen MR) is 140 cm³/mol. The molecule has 2 aliphatic rings. The third kappa shape index (κ3) is 5.22. The van der Waals surface area contributed by atoms with Crippen molar-refractivity contribution in [3.63, 3.8) is 0 Å². The van der Waals surface area contributed by atoms with Gasteiger partial charge < -0.3 is 10.2 Å². The van der Waals surface area contributed by atoms with Gasteiger partial charge in [-0.3, -0.25) is 4.90 Å². The minimum atomic E-state index is 0. The second kappa shape index (κ2) is 11.0. The highest BCUT2D eigenvalue weighted by atomic mass is 35.5. The lowest BCUT2D eigenvalue weighted by atomic mass is 10.1. The van der Waals surface area contributed by atoms with Crippen LogP contribution in [-0.2, 0) is 0 Å². The first-order valence-corrected chi connectivity index (χ1v) is 12.6. The van der Waals surface area contributed by atoms with Crippen molar-refractivity contribution in [2.45, 2.75) is 62.4 Å². The quantitative estimate of drug-likeness (QED) is 0.440. The third-order valence-corrected chi connectivity index (χ3v) is 7.87. The van der Waals surface area contributed by atoms with Gasteiger partial charge in [-0.1, -0.05) is 69.4 Å². The number of benzene rings is 2. The number of rotatable bonds is 7. The molecule has 168 valence electrons. The Morgan fingerprint density at radius 2 is 1.74 bits per heavy atom. The fraction of sp³-hybridized carbons (Fsp3) is 0.480. The number of fused-ring (bicyclic) bond motifs is 2. The zero-order chi connectivity index (χ0) is 21.1. The largest absolute Gasteiger partial charge is 0.376 e. The zero-order valence-corrected chi connectivity index (χ0v) is 21.2. The van der Waals surface area contributed by atoms with E-state index in [4.69, 9.17) is 12.2 Å². The summed E-state index contributed by atoms with van der Waals surface area (Å²) < 4.78 is 0. The van der Waals surface area contributed by atoms with E-state index in [9.17, 15) is 0 Å². The van der Waals surface area contributed by atoms with Crippen LogP contribution in [0, 0.1) is 5.92 Å². The maximum absolute atomic E-state index is 5.76. The van der Waals surface area contributed by atoms with E-state index in [2.05, 4.69) is 78.4 Å². The predicted octanol–water partition coefficient (Wildman–Crippen LogP) is 6.85. The monoisotopic (exact) mass is 475 g/mol. The second-order valence-corrected chi connectivity index (χ2v) is 9.97. The van der Waals surface area contributed by atoms with E-state index in [1.807, 2.05) is 11.8 Å². The summed E-state index contributed by atoms with van der Waals surface area (Å²) in [6, 6.07) is 15.6. The normalized spacial score (nSPS) is 17.3. The fourth-order valence-electron chi connectivity index (χ4n) is 4.40. The Morgan fingerprint density at radius 1 is 1.03 bits per heavy atom. The van der Waals surface area contributed by atoms with E-state index < -0.39 is 0 Å². The number of likely N-dealkylation sites (tertiary alicyclic amines) is 1. The first-order valence-electron chi connectivity index (χ1n) is 11.3. The van der Waals surface area contributed by atoms with Crippen molar-refractivity contribution in [3.05, 3.63) is 48.0 Å². The SMILES string of the molecule is CCC(C)CNC(=S)c1ccc2c(c1)N(C(CC)N1CCCC1)c1ccccc1S2.Cl. The molecular formula is C25H34ClN3S2. The van der Waals surface area contributed by atoms with Crippen molar-refractivity contribution in [1.29, 1.82) is 0 Å². The molecule has 2 unspecified atom stereocenters. The molecule has 0 radical (unpaired) electrons. The van der Waals surface area contributed by atoms with Crippen LogP contribution in [0.1, 0.15) is 52.0 Å². The lowest BCUT2D eigenvalue weighted by Crippen LogP contribution is -2.45. The molecule has 0 bridgehead atoms. The fourth-order valence-corrected chi connectivity index (χ4v) is 5.66. The van der Waals surface area contributed by atoms with E-state index in [-0.39, 0.29) is 12.4 Å². The molecule has 0 spiro atoms. The molecule has 2 atom stereocenters. The van der Waals surface area contributed by atoms with Crippen LogP contribution in [0.2, 0.25) is 0 Å². The van der Waals surface area contributed by atoms with Gasteiger partial charge in [0.1, 0.15) is 4.99 Å². The summed E-state index contributed by atoms with van der Waals surface area (Å²) in [7, 11) is 0. The Morgan fingerprint density at radius 3 is 2.45 bits per heavy atom. The number of thiocarbonyl (C=S) groups is 1. The number of nitrogens with one attached hydrogen (secondary N) is 1. The Kier molecular flexibility index (Phi) is 8.68. The van der Waals surface area contributed by atoms with Crippen molar-refractivity contribution in [1.82, 2.24) is 10.2 Å². The summed E-state index contributed by atoms with van der Waals surface area (Å²) in [4.78, 5) is 8.75. The average Bonchev–Trinajstić information content (AvgIpc) is 3.31. The van der Waals surface area contributed by atoms with Crippen molar-refractivity contribution < 1.29 is 0 Å². The molecule has 1 saturated heterocycles. The van der Waals surface area contributed by atoms with Crippen molar-refractivity contribution in [3.8, 4) is 0 Å². The summed E-state index contributed by atoms with van der Waals surface area (Å²) in [5, 5.41) is 3.48. The van der Waals surface area contributed by atoms with Gasteiger partial charge in [0.05, 0.1) is 17.5 Å². The van der Waals surface area contributed by atoms with Gasteiger partial charge in [0.25, 0.3) is 0 Å². The van der Waals surface area contributed by atoms with Gasteiger partial charge in [-0.2, -0.15) is 0 Å². The van der Waals surface area contributed by atoms with Gasteiger partial charge in [0.15, 0.2) is 0 Å². The van der Waals surface area contributed by atoms with Crippen LogP contribution in [0.15, 0.2) is 52.3 Å². The number of halogens is 1. The minimum Gasteiger partial charge on any atom is -0.376 e. The molecular weight excluding hydrogens is 442 g/mol. The number of nitrogens with zero attached hydrogens (tertiary/aromatic N) is 2. The number of anilines is 2. The Labute approximate surface area is 203 Å². The van der Waals surface area contributed by atoms with Crippen LogP contribution in [0.4, 0.5) is 11.4 Å². The van der Waals surface area contributed by atoms with Gasteiger partial charge in [0, 0.05) is 35.0 Å². The first-order chi connectivity index (χ1) is 14.6. The van der Waals surface area contributed by atoms with Crippen LogP contribution < -0.4 is 10.2 Å². The van der Waals surface area contributed by atoms with Crippen LogP contribution >= 0.6 is 36.4 Å². The standard InChI is InChI=1S/C25H33N3S2.ClH/c1-4-18(3)17-26-25(29)19-12-13-23-21(16-19)28(20-10-6-7-11-22(20)30-23)24(5-2)27-14-8-9-15-27;/h6-7,10-13,16,18,24H,4-5,8-9,14-15,17H2,1-3H3,(H,26,29);1H. The molecule has 0 aromatic heterocycles. The summed E-state index contributed by atoms with van der Waals surface area (Å²) in [6.45, 7) is 10.1. The molecule has 2 heterocycles. The Bertz CT molecular complexity index is 898. The highest BCUT2D eigenvalue weighted by Crippen LogP contribution is 2.50. The van der Waals surface area contributed by atoms with E-state index in [1.54, 1.807) is 0 Å². The van der Waals surface area contributed by atoms with Crippen LogP contribution in [0.3, 0.4) is 0 Å². The van der Waals surface area contributed by atoms with Gasteiger partial charge in [-0.25, -0.2) is 0 Å². The van der Waals surface area contributed by atoms with Gasteiger partial charge in [-0.05, 0) is 49.4 Å². The summed E-state index contributed by atoms with van der Waals surface area (Å²) in [5.41, 5.74) is 3.74. The van der Waals surface area contributed by atoms with E-state index in [0.29, 0.717) is 12.1 Å². The molecule has 0 aliphatic carbocycles. The van der Waals surface area contributed by atoms with Crippen LogP contribution in [0.5, 0.6) is 0 Å². The summed E-state index contributed by atoms with van der Waals surface area (Å²) in [5.74, 6) is 0.624. The van der Waals surface area contributed by atoms with E-state index in [0.717, 1.165) is 29.9 Å². The number of hydrogen-bond donors (Lipinski definition) is 1. The maximum Gasteiger partial charge on any atom is 0.106 e. The Hall–Kier alpha value is -1.27. The molecule has 0 saturated carbocycles. The number of hydrogen-bond acceptors (Lipinski definition) is 4. The Balaban J connectivity index is 0.00000272. The highest BCUT2D eigenvalue weighted by molar-refractivity contribution is 7.99. The molecule has 2 aromatic rings. The minimum absolute atomic E-state index is 0. The number of para-hydroxylation sites is 1. The molecule has 2 aliphatic heterocycles. The molecule has 1 fully saturated rings. The molecule has 6 heteroatoms. The van der Waals surface area contributed by atoms with Crippen LogP contribution in [0.25, 0.3) is 0 Å². The van der Waals surface area contributed by atoms with Gasteiger partial charge in [0.2, 0.25) is 0 Å². The molecule has 1 N–H and O–H groups in total.